The van der Waals surface area contributed by atoms with Gasteiger partial charge in [0, 0.05) is 12.5 Å². The van der Waals surface area contributed by atoms with Crippen molar-refractivity contribution in [3.8, 4) is 0 Å². The average Bonchev–Trinajstić information content (AvgIpc) is 2.62. The molecule has 0 amide bonds. The van der Waals surface area contributed by atoms with Crippen molar-refractivity contribution in [3.63, 3.8) is 0 Å². The molecule has 0 aliphatic heterocycles. The number of anilines is 1. The van der Waals surface area contributed by atoms with E-state index in [1.807, 2.05) is 13.8 Å². The van der Waals surface area contributed by atoms with E-state index in [1.54, 1.807) is 6.92 Å². The van der Waals surface area contributed by atoms with Crippen molar-refractivity contribution in [1.29, 1.82) is 0 Å². The number of aliphatic hydroxyl groups is 1. The van der Waals surface area contributed by atoms with Gasteiger partial charge in [-0.05, 0) is 29.9 Å². The standard InChI is InChI=1S/C19H26F3N5O3S/c1-10(2)4-12(8-28)24-19-26-17(25-18(27-19)9-31(23,29)30)5-11(3)13-6-15(21)16(22)7-14(13)20/h6-7,10-12,28H,4-5,8-9H2,1-3H3,(H2,23,29,30)(H,24,25,26,27)/t11-,12+/m0/s1. The van der Waals surface area contributed by atoms with E-state index in [9.17, 15) is 26.7 Å². The van der Waals surface area contributed by atoms with Gasteiger partial charge in [0.1, 0.15) is 17.4 Å². The lowest BCUT2D eigenvalue weighted by Crippen LogP contribution is -2.28. The fourth-order valence-corrected chi connectivity index (χ4v) is 3.59. The Morgan fingerprint density at radius 2 is 1.65 bits per heavy atom. The van der Waals surface area contributed by atoms with Crippen molar-refractivity contribution < 1.29 is 26.7 Å². The molecular formula is C19H26F3N5O3S. The van der Waals surface area contributed by atoms with Crippen LogP contribution in [0.1, 0.15) is 50.3 Å². The first kappa shape index (κ1) is 25.0. The maximum Gasteiger partial charge on any atom is 0.226 e. The highest BCUT2D eigenvalue weighted by Crippen LogP contribution is 2.25. The summed E-state index contributed by atoms with van der Waals surface area (Å²) < 4.78 is 63.9. The molecule has 12 heteroatoms. The van der Waals surface area contributed by atoms with Crippen molar-refractivity contribution in [2.24, 2.45) is 11.1 Å². The third-order valence-electron chi connectivity index (χ3n) is 4.43. The summed E-state index contributed by atoms with van der Waals surface area (Å²) in [6.07, 6.45) is 0.587. The third-order valence-corrected chi connectivity index (χ3v) is 5.09. The molecule has 0 aliphatic rings. The van der Waals surface area contributed by atoms with Gasteiger partial charge >= 0.3 is 0 Å². The number of halogens is 3. The summed E-state index contributed by atoms with van der Waals surface area (Å²) in [5, 5.41) is 17.6. The normalized spacial score (nSPS) is 14.0. The van der Waals surface area contributed by atoms with Crippen LogP contribution in [-0.4, -0.2) is 41.1 Å². The number of nitrogens with zero attached hydrogens (tertiary/aromatic N) is 3. The monoisotopic (exact) mass is 461 g/mol. The molecule has 172 valence electrons. The summed E-state index contributed by atoms with van der Waals surface area (Å²) in [5.74, 6) is -4.45. The van der Waals surface area contributed by atoms with E-state index in [0.717, 1.165) is 6.07 Å². The number of rotatable bonds is 10. The van der Waals surface area contributed by atoms with Crippen LogP contribution in [0.15, 0.2) is 12.1 Å². The fourth-order valence-electron chi connectivity index (χ4n) is 3.10. The molecule has 0 unspecified atom stereocenters. The maximum absolute atomic E-state index is 14.1. The van der Waals surface area contributed by atoms with Crippen molar-refractivity contribution >= 4 is 16.0 Å². The number of nitrogens with one attached hydrogen (secondary N) is 1. The highest BCUT2D eigenvalue weighted by molar-refractivity contribution is 7.88. The number of nitrogens with two attached hydrogens (primary N) is 1. The van der Waals surface area contributed by atoms with Crippen LogP contribution in [-0.2, 0) is 22.2 Å². The van der Waals surface area contributed by atoms with Gasteiger partial charge in [-0.1, -0.05) is 20.8 Å². The highest BCUT2D eigenvalue weighted by Gasteiger charge is 2.20. The Bertz CT molecular complexity index is 1020. The molecule has 1 heterocycles. The average molecular weight is 462 g/mol. The van der Waals surface area contributed by atoms with Crippen molar-refractivity contribution in [2.45, 2.75) is 51.3 Å². The zero-order chi connectivity index (χ0) is 23.3. The lowest BCUT2D eigenvalue weighted by Gasteiger charge is -2.19. The molecule has 1 aromatic heterocycles. The molecule has 0 spiro atoms. The predicted molar refractivity (Wildman–Crippen MR) is 109 cm³/mol. The van der Waals surface area contributed by atoms with E-state index in [0.29, 0.717) is 12.5 Å². The summed E-state index contributed by atoms with van der Waals surface area (Å²) in [7, 11) is -3.94. The van der Waals surface area contributed by atoms with Crippen molar-refractivity contribution in [2.75, 3.05) is 11.9 Å². The SMILES string of the molecule is CC(C)C[C@H](CO)Nc1nc(C[C@H](C)c2cc(F)c(F)cc2F)nc(CS(N)(=O)=O)n1. The van der Waals surface area contributed by atoms with Gasteiger partial charge in [0.25, 0.3) is 0 Å². The van der Waals surface area contributed by atoms with E-state index >= 15 is 0 Å². The molecule has 2 rings (SSSR count). The largest absolute Gasteiger partial charge is 0.394 e. The summed E-state index contributed by atoms with van der Waals surface area (Å²) in [4.78, 5) is 12.3. The number of aromatic nitrogens is 3. The number of benzene rings is 1. The van der Waals surface area contributed by atoms with Gasteiger partial charge < -0.3 is 10.4 Å². The number of sulfonamides is 1. The molecule has 0 bridgehead atoms. The molecule has 8 nitrogen and oxygen atoms in total. The second-order valence-electron chi connectivity index (χ2n) is 7.85. The van der Waals surface area contributed by atoms with Gasteiger partial charge in [-0.3, -0.25) is 0 Å². The smallest absolute Gasteiger partial charge is 0.226 e. The zero-order valence-corrected chi connectivity index (χ0v) is 18.3. The molecule has 0 aliphatic carbocycles. The van der Waals surface area contributed by atoms with Crippen LogP contribution in [0.4, 0.5) is 19.1 Å². The fraction of sp³-hybridized carbons (Fsp3) is 0.526. The van der Waals surface area contributed by atoms with Gasteiger partial charge in [0.05, 0.1) is 12.6 Å². The summed E-state index contributed by atoms with van der Waals surface area (Å²) >= 11 is 0. The van der Waals surface area contributed by atoms with Gasteiger partial charge in [0.2, 0.25) is 16.0 Å². The van der Waals surface area contributed by atoms with Crippen molar-refractivity contribution in [3.05, 3.63) is 46.8 Å². The van der Waals surface area contributed by atoms with Crippen LogP contribution in [0.2, 0.25) is 0 Å². The maximum atomic E-state index is 14.1. The zero-order valence-electron chi connectivity index (χ0n) is 17.4. The minimum absolute atomic E-state index is 0.00914. The highest BCUT2D eigenvalue weighted by atomic mass is 32.2. The molecule has 0 saturated heterocycles. The minimum atomic E-state index is -3.94. The second-order valence-corrected chi connectivity index (χ2v) is 9.46. The molecule has 1 aromatic carbocycles. The third kappa shape index (κ3) is 7.71. The van der Waals surface area contributed by atoms with Gasteiger partial charge in [-0.25, -0.2) is 31.7 Å². The Hall–Kier alpha value is -2.31. The molecule has 0 saturated carbocycles. The lowest BCUT2D eigenvalue weighted by molar-refractivity contribution is 0.259. The topological polar surface area (TPSA) is 131 Å². The van der Waals surface area contributed by atoms with Gasteiger partial charge in [0.15, 0.2) is 17.5 Å². The van der Waals surface area contributed by atoms with Crippen LogP contribution in [0, 0.1) is 23.4 Å². The van der Waals surface area contributed by atoms with Crippen LogP contribution in [0.5, 0.6) is 0 Å². The van der Waals surface area contributed by atoms with Crippen LogP contribution in [0.25, 0.3) is 0 Å². The molecule has 0 radical (unpaired) electrons. The summed E-state index contributed by atoms with van der Waals surface area (Å²) in [6, 6.07) is 0.843. The Balaban J connectivity index is 2.36. The quantitative estimate of drug-likeness (QED) is 0.463. The molecule has 2 aromatic rings. The number of hydrogen-bond donors (Lipinski definition) is 3. The first-order chi connectivity index (χ1) is 14.4. The van der Waals surface area contributed by atoms with Crippen LogP contribution < -0.4 is 10.5 Å². The van der Waals surface area contributed by atoms with Gasteiger partial charge in [-0.15, -0.1) is 0 Å². The van der Waals surface area contributed by atoms with Crippen LogP contribution >= 0.6 is 0 Å². The molecular weight excluding hydrogens is 435 g/mol. The first-order valence-electron chi connectivity index (χ1n) is 9.64. The first-order valence-corrected chi connectivity index (χ1v) is 11.4. The Labute approximate surface area is 179 Å². The Kier molecular flexibility index (Phi) is 8.32. The number of hydrogen-bond acceptors (Lipinski definition) is 7. The predicted octanol–water partition coefficient (Wildman–Crippen LogP) is 2.24. The Morgan fingerprint density at radius 1 is 1.03 bits per heavy atom. The lowest BCUT2D eigenvalue weighted by atomic mass is 9.96. The molecule has 0 fully saturated rings. The van der Waals surface area contributed by atoms with E-state index in [4.69, 9.17) is 5.14 Å². The molecule has 4 N–H and O–H groups in total. The minimum Gasteiger partial charge on any atom is -0.394 e. The van der Waals surface area contributed by atoms with E-state index in [2.05, 4.69) is 20.3 Å². The van der Waals surface area contributed by atoms with E-state index in [1.165, 1.54) is 0 Å². The summed E-state index contributed by atoms with van der Waals surface area (Å²) in [6.45, 7) is 5.29. The molecule has 31 heavy (non-hydrogen) atoms. The second kappa shape index (κ2) is 10.3. The van der Waals surface area contributed by atoms with Crippen molar-refractivity contribution in [1.82, 2.24) is 15.0 Å². The Morgan fingerprint density at radius 3 is 2.23 bits per heavy atom. The summed E-state index contributed by atoms with van der Waals surface area (Å²) in [5.41, 5.74) is -0.0742. The van der Waals surface area contributed by atoms with E-state index in [-0.39, 0.29) is 42.1 Å². The number of primary sulfonamides is 1. The van der Waals surface area contributed by atoms with E-state index < -0.39 is 45.2 Å². The molecule has 2 atom stereocenters. The van der Waals surface area contributed by atoms with Gasteiger partial charge in [-0.2, -0.15) is 9.97 Å². The number of aliphatic hydroxyl groups excluding tert-OH is 1. The van der Waals surface area contributed by atoms with Crippen LogP contribution in [0.3, 0.4) is 0 Å².